The summed E-state index contributed by atoms with van der Waals surface area (Å²) in [6, 6.07) is 6.73. The van der Waals surface area contributed by atoms with Gasteiger partial charge < -0.3 is 5.11 Å². The molecule has 0 fully saturated rings. The Labute approximate surface area is 92.6 Å². The zero-order chi connectivity index (χ0) is 11.5. The molecule has 0 aliphatic carbocycles. The minimum atomic E-state index is -0.962. The van der Waals surface area contributed by atoms with Crippen molar-refractivity contribution < 1.29 is 9.90 Å². The van der Waals surface area contributed by atoms with Gasteiger partial charge in [0.2, 0.25) is 0 Å². The van der Waals surface area contributed by atoms with Crippen molar-refractivity contribution >= 4 is 5.97 Å². The zero-order valence-corrected chi connectivity index (χ0v) is 8.71. The molecule has 0 aromatic carbocycles. The summed E-state index contributed by atoms with van der Waals surface area (Å²) in [5, 5.41) is 8.86. The van der Waals surface area contributed by atoms with Gasteiger partial charge in [-0.2, -0.15) is 0 Å². The van der Waals surface area contributed by atoms with E-state index in [1.54, 1.807) is 6.20 Å². The number of carbonyl (C=O) groups is 1. The Morgan fingerprint density at radius 1 is 1.12 bits per heavy atom. The van der Waals surface area contributed by atoms with Gasteiger partial charge in [0.1, 0.15) is 0 Å². The molecule has 0 saturated carbocycles. The van der Waals surface area contributed by atoms with Gasteiger partial charge in [0.25, 0.3) is 0 Å². The van der Waals surface area contributed by atoms with Crippen LogP contribution >= 0.6 is 0 Å². The van der Waals surface area contributed by atoms with E-state index in [9.17, 15) is 4.79 Å². The summed E-state index contributed by atoms with van der Waals surface area (Å²) in [6.07, 6.45) is 3.16. The molecule has 0 spiro atoms. The Bertz CT molecular complexity index is 538. The minimum Gasteiger partial charge on any atom is -0.478 e. The topological polar surface area (TPSA) is 63.1 Å². The summed E-state index contributed by atoms with van der Waals surface area (Å²) in [5.74, 6) is -0.962. The summed E-state index contributed by atoms with van der Waals surface area (Å²) in [5.41, 5.74) is 2.53. The number of aromatic carboxylic acids is 1. The van der Waals surface area contributed by atoms with Crippen molar-refractivity contribution in [3.05, 3.63) is 47.8 Å². The molecule has 80 valence electrons. The van der Waals surface area contributed by atoms with Crippen molar-refractivity contribution in [3.8, 4) is 11.4 Å². The first-order chi connectivity index (χ1) is 7.66. The first kappa shape index (κ1) is 10.3. The van der Waals surface area contributed by atoms with Gasteiger partial charge in [0.15, 0.2) is 0 Å². The van der Waals surface area contributed by atoms with Crippen LogP contribution < -0.4 is 0 Å². The van der Waals surface area contributed by atoms with Gasteiger partial charge >= 0.3 is 5.97 Å². The Morgan fingerprint density at radius 3 is 2.38 bits per heavy atom. The molecule has 16 heavy (non-hydrogen) atoms. The maximum absolute atomic E-state index is 10.8. The molecule has 2 aromatic rings. The normalized spacial score (nSPS) is 10.1. The third-order valence-corrected chi connectivity index (χ3v) is 2.18. The predicted molar refractivity (Wildman–Crippen MR) is 59.2 cm³/mol. The van der Waals surface area contributed by atoms with E-state index >= 15 is 0 Å². The van der Waals surface area contributed by atoms with Crippen molar-refractivity contribution in [1.29, 1.82) is 0 Å². The first-order valence-corrected chi connectivity index (χ1v) is 4.79. The molecule has 0 amide bonds. The second-order valence-corrected chi connectivity index (χ2v) is 3.45. The first-order valence-electron chi connectivity index (χ1n) is 4.79. The number of pyridine rings is 2. The van der Waals surface area contributed by atoms with Crippen molar-refractivity contribution in [1.82, 2.24) is 9.97 Å². The molecule has 0 radical (unpaired) electrons. The number of rotatable bonds is 2. The van der Waals surface area contributed by atoms with Gasteiger partial charge in [-0.25, -0.2) is 4.79 Å². The number of hydrogen-bond acceptors (Lipinski definition) is 3. The SMILES string of the molecule is Cc1ccnc(-c2cc(C(=O)O)ccn2)c1. The quantitative estimate of drug-likeness (QED) is 0.831. The second kappa shape index (κ2) is 4.10. The van der Waals surface area contributed by atoms with Crippen LogP contribution in [0.3, 0.4) is 0 Å². The predicted octanol–water partition coefficient (Wildman–Crippen LogP) is 2.15. The van der Waals surface area contributed by atoms with Crippen LogP contribution in [-0.2, 0) is 0 Å². The number of aromatic nitrogens is 2. The van der Waals surface area contributed by atoms with E-state index in [1.807, 2.05) is 19.1 Å². The average Bonchev–Trinajstić information content (AvgIpc) is 2.29. The third kappa shape index (κ3) is 2.06. The minimum absolute atomic E-state index is 0.216. The largest absolute Gasteiger partial charge is 0.478 e. The van der Waals surface area contributed by atoms with Gasteiger partial charge in [-0.05, 0) is 36.8 Å². The molecule has 0 aliphatic heterocycles. The monoisotopic (exact) mass is 214 g/mol. The lowest BCUT2D eigenvalue weighted by atomic mass is 10.1. The van der Waals surface area contributed by atoms with Crippen LogP contribution in [0.2, 0.25) is 0 Å². The van der Waals surface area contributed by atoms with Gasteiger partial charge in [-0.1, -0.05) is 0 Å². The molecule has 0 bridgehead atoms. The maximum Gasteiger partial charge on any atom is 0.335 e. The molecule has 4 nitrogen and oxygen atoms in total. The molecule has 4 heteroatoms. The summed E-state index contributed by atoms with van der Waals surface area (Å²) in [6.45, 7) is 1.95. The Hall–Kier alpha value is -2.23. The van der Waals surface area contributed by atoms with Gasteiger partial charge in [-0.3, -0.25) is 9.97 Å². The number of carboxylic acid groups (broad SMARTS) is 1. The average molecular weight is 214 g/mol. The fourth-order valence-electron chi connectivity index (χ4n) is 1.38. The molecule has 0 unspecified atom stereocenters. The summed E-state index contributed by atoms with van der Waals surface area (Å²) in [7, 11) is 0. The van der Waals surface area contributed by atoms with Crippen molar-refractivity contribution in [2.24, 2.45) is 0 Å². The van der Waals surface area contributed by atoms with Crippen LogP contribution in [0.1, 0.15) is 15.9 Å². The Kier molecular flexibility index (Phi) is 2.64. The Balaban J connectivity index is 2.48. The lowest BCUT2D eigenvalue weighted by Crippen LogP contribution is -1.97. The second-order valence-electron chi connectivity index (χ2n) is 3.45. The van der Waals surface area contributed by atoms with Crippen LogP contribution in [0.5, 0.6) is 0 Å². The zero-order valence-electron chi connectivity index (χ0n) is 8.71. The van der Waals surface area contributed by atoms with Crippen LogP contribution in [-0.4, -0.2) is 21.0 Å². The van der Waals surface area contributed by atoms with E-state index in [0.717, 1.165) is 5.56 Å². The highest BCUT2D eigenvalue weighted by Crippen LogP contribution is 2.16. The highest BCUT2D eigenvalue weighted by molar-refractivity contribution is 5.88. The van der Waals surface area contributed by atoms with Gasteiger partial charge in [-0.15, -0.1) is 0 Å². The molecular formula is C12H10N2O2. The number of nitrogens with zero attached hydrogens (tertiary/aromatic N) is 2. The molecule has 2 aromatic heterocycles. The van der Waals surface area contributed by atoms with E-state index in [2.05, 4.69) is 9.97 Å². The summed E-state index contributed by atoms with van der Waals surface area (Å²) < 4.78 is 0. The van der Waals surface area contributed by atoms with Gasteiger partial charge in [0, 0.05) is 12.4 Å². The molecule has 0 atom stereocenters. The van der Waals surface area contributed by atoms with E-state index < -0.39 is 5.97 Å². The lowest BCUT2D eigenvalue weighted by Gasteiger charge is -2.01. The van der Waals surface area contributed by atoms with E-state index in [0.29, 0.717) is 11.4 Å². The Morgan fingerprint density at radius 2 is 1.75 bits per heavy atom. The fourth-order valence-corrected chi connectivity index (χ4v) is 1.38. The summed E-state index contributed by atoms with van der Waals surface area (Å²) >= 11 is 0. The van der Waals surface area contributed by atoms with Crippen LogP contribution in [0, 0.1) is 6.92 Å². The molecule has 2 rings (SSSR count). The van der Waals surface area contributed by atoms with E-state index in [4.69, 9.17) is 5.11 Å². The smallest absolute Gasteiger partial charge is 0.335 e. The number of aryl methyl sites for hydroxylation is 1. The molecule has 1 N–H and O–H groups in total. The van der Waals surface area contributed by atoms with Crippen molar-refractivity contribution in [2.75, 3.05) is 0 Å². The summed E-state index contributed by atoms with van der Waals surface area (Å²) in [4.78, 5) is 19.1. The van der Waals surface area contributed by atoms with E-state index in [1.165, 1.54) is 18.3 Å². The lowest BCUT2D eigenvalue weighted by molar-refractivity contribution is 0.0697. The van der Waals surface area contributed by atoms with Gasteiger partial charge in [0.05, 0.1) is 17.0 Å². The number of carboxylic acids is 1. The number of hydrogen-bond donors (Lipinski definition) is 1. The third-order valence-electron chi connectivity index (χ3n) is 2.18. The fraction of sp³-hybridized carbons (Fsp3) is 0.0833. The van der Waals surface area contributed by atoms with E-state index in [-0.39, 0.29) is 5.56 Å². The highest BCUT2D eigenvalue weighted by Gasteiger charge is 2.06. The maximum atomic E-state index is 10.8. The standard InChI is InChI=1S/C12H10N2O2/c1-8-2-4-13-10(6-8)11-7-9(12(15)16)3-5-14-11/h2-7H,1H3,(H,15,16). The highest BCUT2D eigenvalue weighted by atomic mass is 16.4. The van der Waals surface area contributed by atoms with Crippen molar-refractivity contribution in [3.63, 3.8) is 0 Å². The van der Waals surface area contributed by atoms with Crippen LogP contribution in [0.25, 0.3) is 11.4 Å². The molecule has 0 aliphatic rings. The molecule has 2 heterocycles. The molecule has 0 saturated heterocycles. The van der Waals surface area contributed by atoms with Crippen LogP contribution in [0.15, 0.2) is 36.7 Å². The molecular weight excluding hydrogens is 204 g/mol. The van der Waals surface area contributed by atoms with Crippen molar-refractivity contribution in [2.45, 2.75) is 6.92 Å². The van der Waals surface area contributed by atoms with Crippen LogP contribution in [0.4, 0.5) is 0 Å².